The first-order valence-electron chi connectivity index (χ1n) is 13.5. The molecule has 39 heavy (non-hydrogen) atoms. The molecule has 0 bridgehead atoms. The highest BCUT2D eigenvalue weighted by Crippen LogP contribution is 2.59. The van der Waals surface area contributed by atoms with Crippen molar-refractivity contribution < 1.29 is 22.6 Å². The summed E-state index contributed by atoms with van der Waals surface area (Å²) in [6.07, 6.45) is 6.72. The van der Waals surface area contributed by atoms with Crippen LogP contribution >= 0.6 is 0 Å². The van der Waals surface area contributed by atoms with Crippen molar-refractivity contribution in [3.8, 4) is 16.9 Å². The summed E-state index contributed by atoms with van der Waals surface area (Å²) in [7, 11) is 0. The van der Waals surface area contributed by atoms with Crippen LogP contribution in [0.25, 0.3) is 22.3 Å². The highest BCUT2D eigenvalue weighted by atomic mass is 19.4. The van der Waals surface area contributed by atoms with Gasteiger partial charge >= 0.3 is 6.18 Å². The van der Waals surface area contributed by atoms with Crippen LogP contribution in [0.1, 0.15) is 49.7 Å². The van der Waals surface area contributed by atoms with Gasteiger partial charge in [0.05, 0.1) is 18.8 Å². The van der Waals surface area contributed by atoms with E-state index in [4.69, 9.17) is 9.47 Å². The van der Waals surface area contributed by atoms with E-state index in [2.05, 4.69) is 22.4 Å². The van der Waals surface area contributed by atoms with Crippen molar-refractivity contribution in [2.45, 2.75) is 50.1 Å². The summed E-state index contributed by atoms with van der Waals surface area (Å²) in [4.78, 5) is 18.8. The van der Waals surface area contributed by atoms with Crippen LogP contribution in [-0.2, 0) is 10.2 Å². The molecule has 2 fully saturated rings. The van der Waals surface area contributed by atoms with E-state index in [1.807, 2.05) is 12.1 Å². The summed E-state index contributed by atoms with van der Waals surface area (Å²) in [6.45, 7) is 0.162. The maximum atomic E-state index is 14.3. The van der Waals surface area contributed by atoms with Crippen molar-refractivity contribution in [1.82, 2.24) is 9.38 Å². The summed E-state index contributed by atoms with van der Waals surface area (Å²) in [5.41, 5.74) is 5.27. The number of halogens is 3. The number of nitrogens with one attached hydrogen (secondary N) is 1. The third-order valence-electron chi connectivity index (χ3n) is 9.03. The summed E-state index contributed by atoms with van der Waals surface area (Å²) < 4.78 is 52.4. The molecular weight excluding hydrogens is 507 g/mol. The molecule has 6 nitrogen and oxygen atoms in total. The van der Waals surface area contributed by atoms with Crippen LogP contribution in [0.4, 0.5) is 19.0 Å². The maximum absolute atomic E-state index is 14.3. The van der Waals surface area contributed by atoms with E-state index >= 15 is 0 Å². The molecule has 0 radical (unpaired) electrons. The van der Waals surface area contributed by atoms with Crippen LogP contribution in [-0.4, -0.2) is 35.3 Å². The first kappa shape index (κ1) is 23.2. The molecule has 5 aliphatic rings. The first-order valence-corrected chi connectivity index (χ1v) is 13.5. The Kier molecular flexibility index (Phi) is 4.56. The SMILES string of the molecule is O=c1c(-c2ccc3c(c2)C2(CC2)CO3)cn2ccc(NCC(F)(F)F)nc2c1C1=CC2=C(CC1)OCC21CC1. The number of fused-ring (bicyclic) bond motifs is 4. The number of nitrogens with zero attached hydrogens (tertiary/aromatic N) is 2. The molecule has 8 rings (SSSR count). The highest BCUT2D eigenvalue weighted by molar-refractivity contribution is 5.83. The van der Waals surface area contributed by atoms with Crippen molar-refractivity contribution in [3.63, 3.8) is 0 Å². The van der Waals surface area contributed by atoms with Gasteiger partial charge in [-0.15, -0.1) is 0 Å². The monoisotopic (exact) mass is 533 g/mol. The quantitative estimate of drug-likeness (QED) is 0.446. The fraction of sp³-hybridized carbons (Fsp3) is 0.400. The predicted molar refractivity (Wildman–Crippen MR) is 140 cm³/mol. The van der Waals surface area contributed by atoms with Crippen molar-refractivity contribution in [2.24, 2.45) is 5.41 Å². The van der Waals surface area contributed by atoms with Crippen LogP contribution in [0, 0.1) is 5.41 Å². The van der Waals surface area contributed by atoms with E-state index in [0.29, 0.717) is 42.8 Å². The third kappa shape index (κ3) is 3.62. The molecule has 1 aromatic carbocycles. The van der Waals surface area contributed by atoms with Crippen LogP contribution in [0.15, 0.2) is 58.9 Å². The van der Waals surface area contributed by atoms with Crippen LogP contribution < -0.4 is 15.5 Å². The Bertz CT molecular complexity index is 1690. The van der Waals surface area contributed by atoms with Crippen molar-refractivity contribution in [2.75, 3.05) is 25.1 Å². The molecule has 3 aromatic rings. The summed E-state index contributed by atoms with van der Waals surface area (Å²) >= 11 is 0. The minimum atomic E-state index is -4.38. The van der Waals surface area contributed by atoms with Crippen LogP contribution in [0.2, 0.25) is 0 Å². The molecule has 0 saturated heterocycles. The molecule has 1 N–H and O–H groups in total. The Morgan fingerprint density at radius 3 is 2.59 bits per heavy atom. The van der Waals surface area contributed by atoms with Crippen LogP contribution in [0.3, 0.4) is 0 Å². The molecule has 4 heterocycles. The van der Waals surface area contributed by atoms with Gasteiger partial charge in [0.15, 0.2) is 11.1 Å². The number of ether oxygens (including phenoxy) is 2. The Morgan fingerprint density at radius 2 is 1.82 bits per heavy atom. The number of rotatable bonds is 4. The Hall–Kier alpha value is -3.75. The number of hydrogen-bond donors (Lipinski definition) is 1. The van der Waals surface area contributed by atoms with Crippen molar-refractivity contribution >= 4 is 17.0 Å². The van der Waals surface area contributed by atoms with Crippen LogP contribution in [0.5, 0.6) is 5.75 Å². The second kappa shape index (κ2) is 7.67. The number of allylic oxidation sites excluding steroid dienone is 3. The molecule has 200 valence electrons. The third-order valence-corrected chi connectivity index (χ3v) is 9.03. The number of hydrogen-bond acceptors (Lipinski definition) is 5. The lowest BCUT2D eigenvalue weighted by atomic mass is 9.86. The molecule has 0 atom stereocenters. The van der Waals surface area contributed by atoms with E-state index in [9.17, 15) is 18.0 Å². The fourth-order valence-electron chi connectivity index (χ4n) is 6.41. The molecule has 9 heteroatoms. The van der Waals surface area contributed by atoms with Crippen molar-refractivity contribution in [1.29, 1.82) is 0 Å². The first-order chi connectivity index (χ1) is 18.7. The van der Waals surface area contributed by atoms with E-state index in [-0.39, 0.29) is 22.1 Å². The molecule has 2 spiro atoms. The zero-order chi connectivity index (χ0) is 26.6. The lowest BCUT2D eigenvalue weighted by Gasteiger charge is -2.19. The predicted octanol–water partition coefficient (Wildman–Crippen LogP) is 6.00. The van der Waals surface area contributed by atoms with Gasteiger partial charge in [0.1, 0.15) is 23.9 Å². The molecule has 2 aliphatic heterocycles. The maximum Gasteiger partial charge on any atom is 0.405 e. The molecular formula is C30H26F3N3O3. The van der Waals surface area contributed by atoms with Crippen molar-refractivity contribution in [3.05, 3.63) is 75.4 Å². The standard InChI is InChI=1S/C30H26F3N3O3/c31-30(32,33)14-34-24-5-10-36-13-19(17-1-3-22-20(11-17)28(6-7-28)15-38-22)26(37)25(27(36)35-24)18-2-4-23-21(12-18)29(8-9-29)16-39-23/h1,3,5,10-13H,2,4,6-9,14-16H2,(H,34,35). The van der Waals surface area contributed by atoms with Gasteiger partial charge in [-0.2, -0.15) is 13.2 Å². The molecule has 3 aliphatic carbocycles. The Labute approximate surface area is 222 Å². The lowest BCUT2D eigenvalue weighted by Crippen LogP contribution is -2.22. The Morgan fingerprint density at radius 1 is 1.03 bits per heavy atom. The fourth-order valence-corrected chi connectivity index (χ4v) is 6.41. The van der Waals surface area contributed by atoms with E-state index < -0.39 is 12.7 Å². The van der Waals surface area contributed by atoms with Gasteiger partial charge in [-0.25, -0.2) is 4.98 Å². The van der Waals surface area contributed by atoms with E-state index in [1.165, 1.54) is 11.6 Å². The van der Waals surface area contributed by atoms with Gasteiger partial charge in [-0.05, 0) is 67.0 Å². The minimum absolute atomic E-state index is 0.0516. The summed E-state index contributed by atoms with van der Waals surface area (Å²) in [5, 5.41) is 2.36. The van der Waals surface area contributed by atoms with Gasteiger partial charge in [0, 0.05) is 40.8 Å². The number of benzene rings is 1. The molecule has 2 aromatic heterocycles. The molecule has 0 unspecified atom stereocenters. The number of anilines is 1. The number of alkyl halides is 3. The highest BCUT2D eigenvalue weighted by Gasteiger charge is 2.52. The average molecular weight is 534 g/mol. The normalized spacial score (nSPS) is 21.5. The second-order valence-electron chi connectivity index (χ2n) is 11.6. The smallest absolute Gasteiger partial charge is 0.405 e. The summed E-state index contributed by atoms with van der Waals surface area (Å²) in [6, 6.07) is 7.44. The van der Waals surface area contributed by atoms with Gasteiger partial charge in [-0.1, -0.05) is 12.1 Å². The van der Waals surface area contributed by atoms with E-state index in [0.717, 1.165) is 53.9 Å². The molecule has 0 amide bonds. The number of pyridine rings is 1. The van der Waals surface area contributed by atoms with E-state index in [1.54, 1.807) is 16.8 Å². The van der Waals surface area contributed by atoms with Gasteiger partial charge in [0.2, 0.25) is 0 Å². The van der Waals surface area contributed by atoms with Gasteiger partial charge in [-0.3, -0.25) is 4.79 Å². The topological polar surface area (TPSA) is 64.9 Å². The average Bonchev–Trinajstić information content (AvgIpc) is 3.81. The minimum Gasteiger partial charge on any atom is -0.497 e. The second-order valence-corrected chi connectivity index (χ2v) is 11.6. The largest absolute Gasteiger partial charge is 0.497 e. The zero-order valence-corrected chi connectivity index (χ0v) is 21.2. The lowest BCUT2D eigenvalue weighted by molar-refractivity contribution is -0.115. The Balaban J connectivity index is 1.30. The zero-order valence-electron chi connectivity index (χ0n) is 21.2. The number of aromatic nitrogens is 2. The van der Waals surface area contributed by atoms with Gasteiger partial charge in [0.25, 0.3) is 0 Å². The van der Waals surface area contributed by atoms with Gasteiger partial charge < -0.3 is 19.2 Å². The summed E-state index contributed by atoms with van der Waals surface area (Å²) in [5.74, 6) is 1.96. The molecule has 2 saturated carbocycles.